The van der Waals surface area contributed by atoms with Gasteiger partial charge in [-0.15, -0.1) is 0 Å². The van der Waals surface area contributed by atoms with Gasteiger partial charge in [0.2, 0.25) is 0 Å². The largest absolute Gasteiger partial charge is 0.395 e. The minimum absolute atomic E-state index is 0.113. The maximum atomic E-state index is 8.82. The summed E-state index contributed by atoms with van der Waals surface area (Å²) in [6.07, 6.45) is 2.24. The van der Waals surface area contributed by atoms with Crippen LogP contribution in [0.4, 0.5) is 0 Å². The summed E-state index contributed by atoms with van der Waals surface area (Å²) in [6, 6.07) is 0. The van der Waals surface area contributed by atoms with Crippen molar-refractivity contribution in [3.05, 3.63) is 0 Å². The molecule has 4 heteroatoms. The van der Waals surface area contributed by atoms with Gasteiger partial charge in [-0.2, -0.15) is 0 Å². The van der Waals surface area contributed by atoms with Crippen molar-refractivity contribution in [2.45, 2.75) is 12.8 Å². The summed E-state index contributed by atoms with van der Waals surface area (Å²) in [6.45, 7) is 4.14. The zero-order valence-electron chi connectivity index (χ0n) is 9.04. The summed E-state index contributed by atoms with van der Waals surface area (Å²) in [4.78, 5) is 2.13. The Balaban J connectivity index is 2.42. The van der Waals surface area contributed by atoms with Gasteiger partial charge in [0.05, 0.1) is 13.2 Å². The number of likely N-dealkylation sites (N-methyl/N-ethyl adjacent to an activating group) is 1. The number of ether oxygens (including phenoxy) is 1. The molecule has 0 radical (unpaired) electrons. The zero-order valence-corrected chi connectivity index (χ0v) is 9.04. The van der Waals surface area contributed by atoms with Crippen LogP contribution in [0.2, 0.25) is 0 Å². The van der Waals surface area contributed by atoms with E-state index in [9.17, 15) is 0 Å². The molecule has 3 N–H and O–H groups in total. The Labute approximate surface area is 86.0 Å². The van der Waals surface area contributed by atoms with Gasteiger partial charge >= 0.3 is 0 Å². The van der Waals surface area contributed by atoms with Gasteiger partial charge in [0.15, 0.2) is 0 Å². The smallest absolute Gasteiger partial charge is 0.0558 e. The number of aliphatic hydroxyl groups excluding tert-OH is 1. The Kier molecular flexibility index (Phi) is 4.81. The number of nitrogens with zero attached hydrogens (tertiary/aromatic N) is 1. The molecule has 1 aliphatic rings. The molecule has 0 aromatic heterocycles. The Bertz CT molecular complexity index is 158. The topological polar surface area (TPSA) is 58.7 Å². The molecule has 0 aliphatic carbocycles. The van der Waals surface area contributed by atoms with Crippen LogP contribution in [0.25, 0.3) is 0 Å². The van der Waals surface area contributed by atoms with Crippen molar-refractivity contribution in [2.24, 2.45) is 11.1 Å². The minimum atomic E-state index is 0.113. The zero-order chi connectivity index (χ0) is 10.4. The monoisotopic (exact) mass is 202 g/mol. The first-order valence-electron chi connectivity index (χ1n) is 5.30. The van der Waals surface area contributed by atoms with Crippen molar-refractivity contribution in [1.82, 2.24) is 4.90 Å². The highest BCUT2D eigenvalue weighted by Crippen LogP contribution is 2.27. The summed E-state index contributed by atoms with van der Waals surface area (Å²) in [7, 11) is 2.02. The molecule has 1 saturated heterocycles. The van der Waals surface area contributed by atoms with Gasteiger partial charge in [0, 0.05) is 31.7 Å². The predicted octanol–water partition coefficient (Wildman–Crippen LogP) is -0.334. The van der Waals surface area contributed by atoms with Gasteiger partial charge in [0.25, 0.3) is 0 Å². The van der Waals surface area contributed by atoms with Gasteiger partial charge in [-0.25, -0.2) is 0 Å². The van der Waals surface area contributed by atoms with E-state index in [0.717, 1.165) is 32.6 Å². The van der Waals surface area contributed by atoms with Crippen molar-refractivity contribution < 1.29 is 9.84 Å². The maximum absolute atomic E-state index is 8.82. The van der Waals surface area contributed by atoms with Crippen LogP contribution in [0, 0.1) is 5.41 Å². The van der Waals surface area contributed by atoms with Crippen LogP contribution in [-0.2, 0) is 4.74 Å². The fraction of sp³-hybridized carbons (Fsp3) is 1.00. The molecule has 1 heterocycles. The number of aliphatic hydroxyl groups is 1. The molecule has 1 atom stereocenters. The average Bonchev–Trinajstić information content (AvgIpc) is 2.19. The van der Waals surface area contributed by atoms with Crippen molar-refractivity contribution >= 4 is 0 Å². The van der Waals surface area contributed by atoms with Crippen molar-refractivity contribution in [2.75, 3.05) is 46.5 Å². The van der Waals surface area contributed by atoms with Crippen LogP contribution in [0.15, 0.2) is 0 Å². The Morgan fingerprint density at radius 3 is 2.86 bits per heavy atom. The third kappa shape index (κ3) is 3.20. The first-order valence-corrected chi connectivity index (χ1v) is 5.30. The normalized spacial score (nSPS) is 28.3. The molecule has 0 aromatic carbocycles. The van der Waals surface area contributed by atoms with E-state index in [2.05, 4.69) is 4.90 Å². The van der Waals surface area contributed by atoms with Gasteiger partial charge < -0.3 is 20.5 Å². The number of nitrogens with two attached hydrogens (primary N) is 1. The Morgan fingerprint density at radius 1 is 1.57 bits per heavy atom. The van der Waals surface area contributed by atoms with Gasteiger partial charge in [0.1, 0.15) is 0 Å². The molecule has 0 saturated carbocycles. The van der Waals surface area contributed by atoms with Crippen LogP contribution < -0.4 is 5.73 Å². The SMILES string of the molecule is CN(CCO)CC1(CN)CCCOC1. The highest BCUT2D eigenvalue weighted by atomic mass is 16.5. The molecule has 1 aliphatic heterocycles. The number of hydrogen-bond acceptors (Lipinski definition) is 4. The second-order valence-corrected chi connectivity index (χ2v) is 4.32. The van der Waals surface area contributed by atoms with E-state index in [-0.39, 0.29) is 12.0 Å². The molecule has 0 bridgehead atoms. The summed E-state index contributed by atoms with van der Waals surface area (Å²) in [5.74, 6) is 0. The van der Waals surface area contributed by atoms with E-state index < -0.39 is 0 Å². The van der Waals surface area contributed by atoms with Gasteiger partial charge in [-0.1, -0.05) is 0 Å². The third-order valence-corrected chi connectivity index (χ3v) is 2.92. The lowest BCUT2D eigenvalue weighted by Crippen LogP contribution is -2.47. The molecule has 1 fully saturated rings. The molecular weight excluding hydrogens is 180 g/mol. The summed E-state index contributed by atoms with van der Waals surface area (Å²) in [5, 5.41) is 8.82. The lowest BCUT2D eigenvalue weighted by molar-refractivity contribution is -0.0197. The average molecular weight is 202 g/mol. The Hall–Kier alpha value is -0.160. The third-order valence-electron chi connectivity index (χ3n) is 2.92. The van der Waals surface area contributed by atoms with E-state index >= 15 is 0 Å². The van der Waals surface area contributed by atoms with Crippen molar-refractivity contribution in [3.63, 3.8) is 0 Å². The lowest BCUT2D eigenvalue weighted by atomic mass is 9.82. The first kappa shape index (κ1) is 11.9. The number of hydrogen-bond donors (Lipinski definition) is 2. The van der Waals surface area contributed by atoms with Crippen LogP contribution in [0.1, 0.15) is 12.8 Å². The molecule has 1 unspecified atom stereocenters. The summed E-state index contributed by atoms with van der Waals surface area (Å²) >= 11 is 0. The molecule has 0 aromatic rings. The molecular formula is C10H22N2O2. The fourth-order valence-corrected chi connectivity index (χ4v) is 2.08. The van der Waals surface area contributed by atoms with E-state index in [1.807, 2.05) is 7.05 Å². The van der Waals surface area contributed by atoms with Crippen molar-refractivity contribution in [1.29, 1.82) is 0 Å². The Morgan fingerprint density at radius 2 is 2.36 bits per heavy atom. The molecule has 1 rings (SSSR count). The molecule has 84 valence electrons. The van der Waals surface area contributed by atoms with Crippen molar-refractivity contribution in [3.8, 4) is 0 Å². The van der Waals surface area contributed by atoms with Crippen LogP contribution in [-0.4, -0.2) is 56.5 Å². The van der Waals surface area contributed by atoms with Gasteiger partial charge in [-0.3, -0.25) is 0 Å². The van der Waals surface area contributed by atoms with E-state index in [0.29, 0.717) is 13.1 Å². The fourth-order valence-electron chi connectivity index (χ4n) is 2.08. The molecule has 0 spiro atoms. The summed E-state index contributed by atoms with van der Waals surface area (Å²) in [5.41, 5.74) is 5.93. The van der Waals surface area contributed by atoms with E-state index in [4.69, 9.17) is 15.6 Å². The minimum Gasteiger partial charge on any atom is -0.395 e. The maximum Gasteiger partial charge on any atom is 0.0558 e. The number of rotatable bonds is 5. The van der Waals surface area contributed by atoms with Crippen LogP contribution >= 0.6 is 0 Å². The summed E-state index contributed by atoms with van der Waals surface area (Å²) < 4.78 is 5.49. The van der Waals surface area contributed by atoms with E-state index in [1.54, 1.807) is 0 Å². The quantitative estimate of drug-likeness (QED) is 0.641. The lowest BCUT2D eigenvalue weighted by Gasteiger charge is -2.38. The molecule has 14 heavy (non-hydrogen) atoms. The van der Waals surface area contributed by atoms with Crippen LogP contribution in [0.5, 0.6) is 0 Å². The predicted molar refractivity (Wildman–Crippen MR) is 56.1 cm³/mol. The van der Waals surface area contributed by atoms with E-state index in [1.165, 1.54) is 0 Å². The second kappa shape index (κ2) is 5.66. The molecule has 0 amide bonds. The van der Waals surface area contributed by atoms with Gasteiger partial charge in [-0.05, 0) is 19.9 Å². The standard InChI is InChI=1S/C10H22N2O2/c1-12(4-5-13)8-10(7-11)3-2-6-14-9-10/h13H,2-9,11H2,1H3. The highest BCUT2D eigenvalue weighted by molar-refractivity contribution is 4.85. The second-order valence-electron chi connectivity index (χ2n) is 4.32. The molecule has 4 nitrogen and oxygen atoms in total. The van der Waals surface area contributed by atoms with Crippen LogP contribution in [0.3, 0.4) is 0 Å². The first-order chi connectivity index (χ1) is 6.72. The highest BCUT2D eigenvalue weighted by Gasteiger charge is 2.32.